The summed E-state index contributed by atoms with van der Waals surface area (Å²) in [6.45, 7) is 0.0993. The van der Waals surface area contributed by atoms with E-state index in [0.717, 1.165) is 11.1 Å². The average molecular weight is 575 g/mol. The minimum Gasteiger partial charge on any atom is -0.482 e. The normalized spacial score (nSPS) is 12.4. The molecule has 0 spiro atoms. The minimum absolute atomic E-state index is 0.0694. The van der Waals surface area contributed by atoms with Crippen molar-refractivity contribution in [2.75, 3.05) is 13.4 Å². The smallest absolute Gasteiger partial charge is 0.261 e. The summed E-state index contributed by atoms with van der Waals surface area (Å²) in [5, 5.41) is 3.34. The third-order valence-corrected chi connectivity index (χ3v) is 6.94. The number of amides is 2. The van der Waals surface area contributed by atoms with Gasteiger partial charge < -0.3 is 24.4 Å². The van der Waals surface area contributed by atoms with E-state index < -0.39 is 17.8 Å². The Morgan fingerprint density at radius 2 is 1.59 bits per heavy atom. The van der Waals surface area contributed by atoms with Gasteiger partial charge in [-0.25, -0.2) is 4.39 Å². The van der Waals surface area contributed by atoms with E-state index in [4.69, 9.17) is 25.8 Å². The molecule has 7 nitrogen and oxygen atoms in total. The molecule has 0 saturated heterocycles. The second kappa shape index (κ2) is 13.2. The predicted octanol–water partition coefficient (Wildman–Crippen LogP) is 5.54. The van der Waals surface area contributed by atoms with E-state index >= 15 is 0 Å². The van der Waals surface area contributed by atoms with Crippen LogP contribution >= 0.6 is 11.6 Å². The number of rotatable bonds is 11. The number of fused-ring (bicyclic) bond motifs is 1. The Morgan fingerprint density at radius 3 is 2.37 bits per heavy atom. The molecule has 210 valence electrons. The summed E-state index contributed by atoms with van der Waals surface area (Å²) in [5.74, 6) is 0.458. The summed E-state index contributed by atoms with van der Waals surface area (Å²) in [4.78, 5) is 29.0. The molecule has 4 aromatic carbocycles. The van der Waals surface area contributed by atoms with Crippen LogP contribution in [0.5, 0.6) is 17.2 Å². The van der Waals surface area contributed by atoms with Crippen LogP contribution in [0.3, 0.4) is 0 Å². The third-order valence-electron chi connectivity index (χ3n) is 6.63. The van der Waals surface area contributed by atoms with E-state index in [1.54, 1.807) is 42.5 Å². The number of hydrogen-bond acceptors (Lipinski definition) is 5. The van der Waals surface area contributed by atoms with Crippen LogP contribution in [-0.4, -0.2) is 36.2 Å². The highest BCUT2D eigenvalue weighted by atomic mass is 35.5. The fourth-order valence-electron chi connectivity index (χ4n) is 4.48. The zero-order valence-electron chi connectivity index (χ0n) is 22.1. The molecule has 4 aromatic rings. The van der Waals surface area contributed by atoms with Crippen LogP contribution < -0.4 is 19.5 Å². The quantitative estimate of drug-likeness (QED) is 0.254. The van der Waals surface area contributed by atoms with Gasteiger partial charge in [0.2, 0.25) is 12.7 Å². The van der Waals surface area contributed by atoms with Crippen molar-refractivity contribution in [1.29, 1.82) is 0 Å². The molecule has 0 aliphatic carbocycles. The maximum absolute atomic E-state index is 13.8. The number of hydrogen-bond donors (Lipinski definition) is 1. The van der Waals surface area contributed by atoms with Crippen LogP contribution in [0.4, 0.5) is 4.39 Å². The van der Waals surface area contributed by atoms with Crippen LogP contribution in [0.15, 0.2) is 97.1 Å². The van der Waals surface area contributed by atoms with Gasteiger partial charge in [0.15, 0.2) is 18.1 Å². The summed E-state index contributed by atoms with van der Waals surface area (Å²) in [6.07, 6.45) is 0.257. The molecule has 0 radical (unpaired) electrons. The van der Waals surface area contributed by atoms with Crippen LogP contribution in [-0.2, 0) is 29.1 Å². The van der Waals surface area contributed by atoms with Gasteiger partial charge in [0.25, 0.3) is 5.91 Å². The van der Waals surface area contributed by atoms with Crippen molar-refractivity contribution in [3.8, 4) is 17.2 Å². The van der Waals surface area contributed by atoms with Crippen molar-refractivity contribution in [2.24, 2.45) is 0 Å². The van der Waals surface area contributed by atoms with Crippen molar-refractivity contribution < 1.29 is 28.2 Å². The van der Waals surface area contributed by atoms with Gasteiger partial charge in [-0.3, -0.25) is 9.59 Å². The number of nitrogens with one attached hydrogen (secondary N) is 1. The summed E-state index contributed by atoms with van der Waals surface area (Å²) in [7, 11) is 0. The molecule has 9 heteroatoms. The fraction of sp³-hybridized carbons (Fsp3) is 0.188. The molecule has 2 amide bonds. The number of carbonyl (C=O) groups is 2. The van der Waals surface area contributed by atoms with Gasteiger partial charge in [-0.15, -0.1) is 0 Å². The molecule has 1 aliphatic heterocycles. The first-order chi connectivity index (χ1) is 20.0. The number of halogens is 2. The maximum atomic E-state index is 13.8. The topological polar surface area (TPSA) is 77.1 Å². The lowest BCUT2D eigenvalue weighted by molar-refractivity contribution is -0.142. The first kappa shape index (κ1) is 28.0. The van der Waals surface area contributed by atoms with Crippen molar-refractivity contribution in [2.45, 2.75) is 25.6 Å². The summed E-state index contributed by atoms with van der Waals surface area (Å²) in [5.41, 5.74) is 2.36. The molecule has 0 aromatic heterocycles. The first-order valence-electron chi connectivity index (χ1n) is 13.1. The highest BCUT2D eigenvalue weighted by Gasteiger charge is 2.31. The highest BCUT2D eigenvalue weighted by Crippen LogP contribution is 2.32. The zero-order chi connectivity index (χ0) is 28.6. The number of para-hydroxylation sites is 1. The number of benzene rings is 4. The van der Waals surface area contributed by atoms with Gasteiger partial charge in [-0.05, 0) is 53.1 Å². The Balaban J connectivity index is 1.40. The standard InChI is InChI=1S/C32H28ClFN2O5/c33-26-8-4-5-9-28(26)39-20-31(37)36(19-23-10-13-25(34)14-11-23)27(16-22-6-2-1-3-7-22)32(38)35-18-24-12-15-29-30(17-24)41-21-40-29/h1-15,17,27H,16,18-21H2,(H,35,38)/t27-/m1/s1. The van der Waals surface area contributed by atoms with Crippen LogP contribution in [0.1, 0.15) is 16.7 Å². The second-order valence-electron chi connectivity index (χ2n) is 9.48. The Kier molecular flexibility index (Phi) is 9.01. The fourth-order valence-corrected chi connectivity index (χ4v) is 4.67. The average Bonchev–Trinajstić information content (AvgIpc) is 3.47. The summed E-state index contributed by atoms with van der Waals surface area (Å²) in [6, 6.07) is 26.7. The molecule has 5 rings (SSSR count). The lowest BCUT2D eigenvalue weighted by Crippen LogP contribution is -2.51. The number of ether oxygens (including phenoxy) is 3. The van der Waals surface area contributed by atoms with Crippen molar-refractivity contribution >= 4 is 23.4 Å². The van der Waals surface area contributed by atoms with Gasteiger partial charge in [0, 0.05) is 19.5 Å². The van der Waals surface area contributed by atoms with Crippen molar-refractivity contribution in [1.82, 2.24) is 10.2 Å². The molecule has 0 bridgehead atoms. The Bertz CT molecular complexity index is 1500. The third kappa shape index (κ3) is 7.35. The molecular weight excluding hydrogens is 547 g/mol. The molecule has 0 unspecified atom stereocenters. The van der Waals surface area contributed by atoms with Gasteiger partial charge in [-0.2, -0.15) is 0 Å². The highest BCUT2D eigenvalue weighted by molar-refractivity contribution is 6.32. The zero-order valence-corrected chi connectivity index (χ0v) is 22.9. The van der Waals surface area contributed by atoms with Crippen LogP contribution in [0.25, 0.3) is 0 Å². The summed E-state index contributed by atoms with van der Waals surface area (Å²) >= 11 is 6.22. The molecule has 41 heavy (non-hydrogen) atoms. The molecule has 0 fully saturated rings. The van der Waals surface area contributed by atoms with Gasteiger partial charge in [0.1, 0.15) is 17.6 Å². The van der Waals surface area contributed by atoms with E-state index in [1.165, 1.54) is 17.0 Å². The summed E-state index contributed by atoms with van der Waals surface area (Å²) < 4.78 is 30.2. The first-order valence-corrected chi connectivity index (χ1v) is 13.5. The monoisotopic (exact) mass is 574 g/mol. The minimum atomic E-state index is -0.890. The molecule has 1 heterocycles. The van der Waals surface area contributed by atoms with E-state index in [9.17, 15) is 14.0 Å². The second-order valence-corrected chi connectivity index (χ2v) is 9.89. The number of carbonyl (C=O) groups excluding carboxylic acids is 2. The SMILES string of the molecule is O=C(NCc1ccc2c(c1)OCO2)[C@@H](Cc1ccccc1)N(Cc1ccc(F)cc1)C(=O)COc1ccccc1Cl. The Labute approximate surface area is 242 Å². The van der Waals surface area contributed by atoms with Gasteiger partial charge in [0.05, 0.1) is 5.02 Å². The maximum Gasteiger partial charge on any atom is 0.261 e. The van der Waals surface area contributed by atoms with E-state index in [-0.39, 0.29) is 38.8 Å². The molecule has 1 N–H and O–H groups in total. The van der Waals surface area contributed by atoms with Gasteiger partial charge >= 0.3 is 0 Å². The molecule has 1 aliphatic rings. The Morgan fingerprint density at radius 1 is 0.878 bits per heavy atom. The lowest BCUT2D eigenvalue weighted by Gasteiger charge is -2.31. The number of nitrogens with zero attached hydrogens (tertiary/aromatic N) is 1. The lowest BCUT2D eigenvalue weighted by atomic mass is 10.0. The van der Waals surface area contributed by atoms with Crippen molar-refractivity contribution in [3.63, 3.8) is 0 Å². The van der Waals surface area contributed by atoms with E-state index in [2.05, 4.69) is 5.32 Å². The van der Waals surface area contributed by atoms with Gasteiger partial charge in [-0.1, -0.05) is 72.3 Å². The van der Waals surface area contributed by atoms with Crippen molar-refractivity contribution in [3.05, 3.63) is 125 Å². The van der Waals surface area contributed by atoms with Crippen LogP contribution in [0, 0.1) is 5.82 Å². The molecular formula is C32H28ClFN2O5. The largest absolute Gasteiger partial charge is 0.482 e. The molecule has 1 atom stereocenters. The predicted molar refractivity (Wildman–Crippen MR) is 152 cm³/mol. The van der Waals surface area contributed by atoms with Crippen LogP contribution in [0.2, 0.25) is 5.02 Å². The van der Waals surface area contributed by atoms with E-state index in [1.807, 2.05) is 42.5 Å². The molecule has 0 saturated carbocycles. The Hall–Kier alpha value is -4.56. The van der Waals surface area contributed by atoms with E-state index in [0.29, 0.717) is 27.8 Å².